The zero-order chi connectivity index (χ0) is 31.0. The van der Waals surface area contributed by atoms with Crippen molar-refractivity contribution < 1.29 is 33.4 Å². The zero-order valence-electron chi connectivity index (χ0n) is 25.8. The van der Waals surface area contributed by atoms with Crippen LogP contribution in [0.25, 0.3) is 10.9 Å². The Morgan fingerprint density at radius 3 is 2.48 bits per heavy atom. The van der Waals surface area contributed by atoms with Gasteiger partial charge in [-0.15, -0.1) is 0 Å². The molecule has 1 aromatic carbocycles. The molecule has 2 aromatic rings. The van der Waals surface area contributed by atoms with Gasteiger partial charge in [0, 0.05) is 43.5 Å². The van der Waals surface area contributed by atoms with Gasteiger partial charge < -0.3 is 29.3 Å². The van der Waals surface area contributed by atoms with Crippen LogP contribution < -0.4 is 10.1 Å². The average molecular weight is 585 g/mol. The van der Waals surface area contributed by atoms with Crippen molar-refractivity contribution in [2.45, 2.75) is 78.5 Å². The van der Waals surface area contributed by atoms with Crippen molar-refractivity contribution in [2.24, 2.45) is 5.92 Å². The largest absolute Gasteiger partial charge is 0.496 e. The third-order valence-electron chi connectivity index (χ3n) is 6.83. The summed E-state index contributed by atoms with van der Waals surface area (Å²) in [7, 11) is 1.52. The number of rotatable bonds is 10. The van der Waals surface area contributed by atoms with E-state index in [9.17, 15) is 19.2 Å². The number of nitrogens with zero attached hydrogens (tertiary/aromatic N) is 3. The van der Waals surface area contributed by atoms with Crippen molar-refractivity contribution >= 4 is 34.8 Å². The van der Waals surface area contributed by atoms with Crippen LogP contribution in [0.2, 0.25) is 0 Å². The molecule has 1 N–H and O–H groups in total. The second-order valence-corrected chi connectivity index (χ2v) is 11.8. The molecule has 1 aliphatic heterocycles. The second-order valence-electron chi connectivity index (χ2n) is 11.8. The van der Waals surface area contributed by atoms with Crippen LogP contribution in [0.1, 0.15) is 71.3 Å². The molecule has 3 amide bonds. The SMILES string of the molecule is CCOC(=O)N1CCN(C(=O)C(CCC(=O)OC(C)(C)C)NC(=O)c2cc(OC)c3ccccc3n2)C(CC(C)C)C1. The first-order valence-electron chi connectivity index (χ1n) is 14.5. The number of pyridine rings is 1. The first-order valence-corrected chi connectivity index (χ1v) is 14.5. The molecule has 0 bridgehead atoms. The number of para-hydroxylation sites is 1. The summed E-state index contributed by atoms with van der Waals surface area (Å²) in [5, 5.41) is 3.59. The molecular weight excluding hydrogens is 540 g/mol. The number of carbonyl (C=O) groups is 4. The number of aromatic nitrogens is 1. The third kappa shape index (κ3) is 8.80. The van der Waals surface area contributed by atoms with E-state index in [1.807, 2.05) is 32.0 Å². The van der Waals surface area contributed by atoms with Crippen LogP contribution in [0.3, 0.4) is 0 Å². The molecule has 1 aliphatic rings. The lowest BCUT2D eigenvalue weighted by atomic mass is 9.98. The van der Waals surface area contributed by atoms with Gasteiger partial charge in [0.2, 0.25) is 5.91 Å². The summed E-state index contributed by atoms with van der Waals surface area (Å²) in [5.74, 6) is -0.627. The van der Waals surface area contributed by atoms with Crippen LogP contribution in [-0.2, 0) is 19.1 Å². The fraction of sp³-hybridized carbons (Fsp3) is 0.581. The van der Waals surface area contributed by atoms with Crippen molar-refractivity contribution in [3.63, 3.8) is 0 Å². The number of nitrogens with one attached hydrogen (secondary N) is 1. The molecule has 0 saturated carbocycles. The number of fused-ring (bicyclic) bond motifs is 1. The number of ether oxygens (including phenoxy) is 3. The van der Waals surface area contributed by atoms with E-state index in [0.29, 0.717) is 30.8 Å². The van der Waals surface area contributed by atoms with Gasteiger partial charge in [0.15, 0.2) is 0 Å². The molecule has 11 nitrogen and oxygen atoms in total. The Morgan fingerprint density at radius 2 is 1.83 bits per heavy atom. The fourth-order valence-corrected chi connectivity index (χ4v) is 5.05. The van der Waals surface area contributed by atoms with Gasteiger partial charge in [-0.05, 0) is 58.6 Å². The topological polar surface area (TPSA) is 127 Å². The van der Waals surface area contributed by atoms with Gasteiger partial charge in [0.05, 0.1) is 19.2 Å². The lowest BCUT2D eigenvalue weighted by Gasteiger charge is -2.43. The second kappa shape index (κ2) is 14.3. The van der Waals surface area contributed by atoms with Crippen LogP contribution in [0.5, 0.6) is 5.75 Å². The van der Waals surface area contributed by atoms with E-state index in [0.717, 1.165) is 5.39 Å². The molecule has 42 heavy (non-hydrogen) atoms. The molecule has 0 spiro atoms. The highest BCUT2D eigenvalue weighted by atomic mass is 16.6. The van der Waals surface area contributed by atoms with Crippen molar-refractivity contribution in [1.29, 1.82) is 0 Å². The van der Waals surface area contributed by atoms with Crippen molar-refractivity contribution in [3.8, 4) is 5.75 Å². The Bertz CT molecular complexity index is 1270. The first-order chi connectivity index (χ1) is 19.8. The minimum absolute atomic E-state index is 0.0384. The highest BCUT2D eigenvalue weighted by Crippen LogP contribution is 2.25. The van der Waals surface area contributed by atoms with Crippen LogP contribution in [0.4, 0.5) is 4.79 Å². The molecule has 1 fully saturated rings. The lowest BCUT2D eigenvalue weighted by Crippen LogP contribution is -2.60. The zero-order valence-corrected chi connectivity index (χ0v) is 25.8. The molecule has 2 heterocycles. The average Bonchev–Trinajstić information content (AvgIpc) is 2.93. The summed E-state index contributed by atoms with van der Waals surface area (Å²) in [6, 6.07) is 7.53. The highest BCUT2D eigenvalue weighted by Gasteiger charge is 2.37. The van der Waals surface area contributed by atoms with E-state index in [-0.39, 0.29) is 49.6 Å². The summed E-state index contributed by atoms with van der Waals surface area (Å²) in [4.78, 5) is 60.4. The maximum Gasteiger partial charge on any atom is 0.409 e. The molecule has 230 valence electrons. The smallest absolute Gasteiger partial charge is 0.409 e. The Hall–Kier alpha value is -3.89. The third-order valence-corrected chi connectivity index (χ3v) is 6.83. The molecule has 1 aromatic heterocycles. The number of hydrogen-bond donors (Lipinski definition) is 1. The van der Waals surface area contributed by atoms with Gasteiger partial charge >= 0.3 is 12.1 Å². The standard InChI is InChI=1S/C31H44N4O7/c1-8-41-30(39)34-15-16-35(21(19-34)17-20(2)3)29(38)24(13-14-27(36)42-31(4,5)6)33-28(37)25-18-26(40-7)22-11-9-10-12-23(22)32-25/h9-12,18,20-21,24H,8,13-17,19H2,1-7H3,(H,33,37). The summed E-state index contributed by atoms with van der Waals surface area (Å²) in [6.45, 7) is 12.3. The van der Waals surface area contributed by atoms with Gasteiger partial charge in [0.25, 0.3) is 5.91 Å². The summed E-state index contributed by atoms with van der Waals surface area (Å²) >= 11 is 0. The normalized spacial score (nSPS) is 16.2. The number of benzene rings is 1. The lowest BCUT2D eigenvalue weighted by molar-refractivity contribution is -0.155. The Kier molecular flexibility index (Phi) is 11.1. The molecule has 0 radical (unpaired) electrons. The molecule has 11 heteroatoms. The molecule has 0 aliphatic carbocycles. The number of esters is 1. The molecule has 2 unspecified atom stereocenters. The Balaban J connectivity index is 1.88. The van der Waals surface area contributed by atoms with Crippen LogP contribution in [0, 0.1) is 5.92 Å². The van der Waals surface area contributed by atoms with Crippen LogP contribution in [-0.4, -0.2) is 89.7 Å². The van der Waals surface area contributed by atoms with Crippen molar-refractivity contribution in [2.75, 3.05) is 33.4 Å². The summed E-state index contributed by atoms with van der Waals surface area (Å²) in [5.41, 5.74) is -0.0193. The van der Waals surface area contributed by atoms with Crippen LogP contribution in [0.15, 0.2) is 30.3 Å². The molecule has 3 rings (SSSR count). The molecule has 2 atom stereocenters. The minimum Gasteiger partial charge on any atom is -0.496 e. The van der Waals surface area contributed by atoms with E-state index in [4.69, 9.17) is 14.2 Å². The minimum atomic E-state index is -1.02. The van der Waals surface area contributed by atoms with Gasteiger partial charge in [-0.25, -0.2) is 9.78 Å². The number of methoxy groups -OCH3 is 1. The van der Waals surface area contributed by atoms with Gasteiger partial charge in [-0.2, -0.15) is 0 Å². The van der Waals surface area contributed by atoms with E-state index in [1.54, 1.807) is 43.6 Å². The summed E-state index contributed by atoms with van der Waals surface area (Å²) in [6.07, 6.45) is 0.207. The van der Waals surface area contributed by atoms with E-state index < -0.39 is 29.6 Å². The Morgan fingerprint density at radius 1 is 1.12 bits per heavy atom. The predicted octanol–water partition coefficient (Wildman–Crippen LogP) is 4.18. The number of piperazine rings is 1. The van der Waals surface area contributed by atoms with E-state index in [2.05, 4.69) is 10.3 Å². The molecular formula is C31H44N4O7. The van der Waals surface area contributed by atoms with E-state index >= 15 is 0 Å². The number of carbonyl (C=O) groups excluding carboxylic acids is 4. The summed E-state index contributed by atoms with van der Waals surface area (Å²) < 4.78 is 16.1. The van der Waals surface area contributed by atoms with Gasteiger partial charge in [-0.3, -0.25) is 14.4 Å². The Labute approximate surface area is 247 Å². The number of amides is 3. The fourth-order valence-electron chi connectivity index (χ4n) is 5.05. The van der Waals surface area contributed by atoms with Crippen molar-refractivity contribution in [3.05, 3.63) is 36.0 Å². The first kappa shape index (κ1) is 32.6. The number of hydrogen-bond acceptors (Lipinski definition) is 8. The predicted molar refractivity (Wildman–Crippen MR) is 158 cm³/mol. The maximum absolute atomic E-state index is 14.1. The van der Waals surface area contributed by atoms with Gasteiger partial charge in [0.1, 0.15) is 23.1 Å². The van der Waals surface area contributed by atoms with Crippen LogP contribution >= 0.6 is 0 Å². The quantitative estimate of drug-likeness (QED) is 0.412. The molecule has 1 saturated heterocycles. The van der Waals surface area contributed by atoms with Crippen molar-refractivity contribution in [1.82, 2.24) is 20.1 Å². The monoisotopic (exact) mass is 584 g/mol. The van der Waals surface area contributed by atoms with E-state index in [1.165, 1.54) is 13.2 Å². The maximum atomic E-state index is 14.1. The highest BCUT2D eigenvalue weighted by molar-refractivity contribution is 5.99. The van der Waals surface area contributed by atoms with Gasteiger partial charge in [-0.1, -0.05) is 26.0 Å².